The third-order valence-corrected chi connectivity index (χ3v) is 5.28. The summed E-state index contributed by atoms with van der Waals surface area (Å²) in [6.45, 7) is 1.88. The predicted molar refractivity (Wildman–Crippen MR) is 103 cm³/mol. The molecule has 0 aromatic carbocycles. The maximum absolute atomic E-state index is 10.1. The zero-order valence-electron chi connectivity index (χ0n) is 15.1. The Balaban J connectivity index is 1.47. The van der Waals surface area contributed by atoms with Crippen LogP contribution in [0.4, 0.5) is 5.95 Å². The molecule has 0 unspecified atom stereocenters. The van der Waals surface area contributed by atoms with Gasteiger partial charge in [-0.1, -0.05) is 0 Å². The second kappa shape index (κ2) is 5.99. The van der Waals surface area contributed by atoms with E-state index in [-0.39, 0.29) is 0 Å². The number of pyridine rings is 1. The van der Waals surface area contributed by atoms with Gasteiger partial charge in [0.15, 0.2) is 0 Å². The number of aromatic nitrogens is 5. The molecular formula is C20H20N6O. The van der Waals surface area contributed by atoms with Crippen molar-refractivity contribution in [3.05, 3.63) is 49.1 Å². The molecule has 27 heavy (non-hydrogen) atoms. The van der Waals surface area contributed by atoms with Crippen LogP contribution in [-0.2, 0) is 0 Å². The molecule has 4 aromatic rings. The quantitative estimate of drug-likeness (QED) is 0.594. The van der Waals surface area contributed by atoms with Crippen molar-refractivity contribution in [2.75, 3.05) is 0 Å². The molecule has 136 valence electrons. The fourth-order valence-electron chi connectivity index (χ4n) is 3.61. The lowest BCUT2D eigenvalue weighted by Crippen LogP contribution is -2.30. The number of aliphatic imine (C=N–C) groups is 1. The minimum Gasteiger partial charge on any atom is -0.390 e. The van der Waals surface area contributed by atoms with Crippen LogP contribution in [0.5, 0.6) is 0 Å². The van der Waals surface area contributed by atoms with E-state index in [2.05, 4.69) is 26.2 Å². The van der Waals surface area contributed by atoms with E-state index in [0.29, 0.717) is 5.95 Å². The molecule has 7 heteroatoms. The Bertz CT molecular complexity index is 1160. The summed E-state index contributed by atoms with van der Waals surface area (Å²) in [5, 5.41) is 18.8. The van der Waals surface area contributed by atoms with E-state index < -0.39 is 5.60 Å². The van der Waals surface area contributed by atoms with Crippen LogP contribution in [0.1, 0.15) is 32.6 Å². The highest BCUT2D eigenvalue weighted by molar-refractivity contribution is 5.87. The first-order valence-corrected chi connectivity index (χ1v) is 9.14. The first-order valence-electron chi connectivity index (χ1n) is 9.14. The fraction of sp³-hybridized carbons (Fsp3) is 0.300. The van der Waals surface area contributed by atoms with Crippen LogP contribution in [0, 0.1) is 0 Å². The van der Waals surface area contributed by atoms with Gasteiger partial charge in [-0.2, -0.15) is 5.10 Å². The Kier molecular flexibility index (Phi) is 3.58. The van der Waals surface area contributed by atoms with E-state index in [1.165, 1.54) is 0 Å². The number of hydrogen-bond acceptors (Lipinski definition) is 5. The normalized spacial score (nSPS) is 20.4. The first kappa shape index (κ1) is 16.1. The van der Waals surface area contributed by atoms with Crippen molar-refractivity contribution in [3.8, 4) is 11.1 Å². The minimum absolute atomic E-state index is 0.465. The second-order valence-corrected chi connectivity index (χ2v) is 7.41. The molecule has 1 aliphatic carbocycles. The highest BCUT2D eigenvalue weighted by Gasteiger charge is 2.26. The molecule has 0 radical (unpaired) electrons. The van der Waals surface area contributed by atoms with Gasteiger partial charge in [0.25, 0.3) is 5.95 Å². The number of fused-ring (bicyclic) bond motifs is 2. The summed E-state index contributed by atoms with van der Waals surface area (Å²) in [6, 6.07) is 8.16. The zero-order chi connectivity index (χ0) is 18.4. The summed E-state index contributed by atoms with van der Waals surface area (Å²) in [4.78, 5) is 9.05. The predicted octanol–water partition coefficient (Wildman–Crippen LogP) is 3.44. The molecular weight excluding hydrogens is 340 g/mol. The molecule has 0 saturated heterocycles. The van der Waals surface area contributed by atoms with Gasteiger partial charge < -0.3 is 5.11 Å². The molecule has 0 amide bonds. The molecule has 1 aliphatic rings. The van der Waals surface area contributed by atoms with E-state index in [1.54, 1.807) is 6.20 Å². The van der Waals surface area contributed by atoms with E-state index in [0.717, 1.165) is 53.6 Å². The highest BCUT2D eigenvalue weighted by atomic mass is 16.3. The third kappa shape index (κ3) is 3.00. The highest BCUT2D eigenvalue weighted by Crippen LogP contribution is 2.28. The smallest absolute Gasteiger partial charge is 0.267 e. The second-order valence-electron chi connectivity index (χ2n) is 7.41. The van der Waals surface area contributed by atoms with Crippen LogP contribution in [0.15, 0.2) is 54.0 Å². The van der Waals surface area contributed by atoms with E-state index in [1.807, 2.05) is 52.7 Å². The van der Waals surface area contributed by atoms with Crippen LogP contribution in [0.3, 0.4) is 0 Å². The van der Waals surface area contributed by atoms with Gasteiger partial charge in [0.2, 0.25) is 0 Å². The Hall–Kier alpha value is -3.06. The van der Waals surface area contributed by atoms with Crippen LogP contribution in [-0.4, -0.2) is 40.6 Å². The Morgan fingerprint density at radius 3 is 2.78 bits per heavy atom. The van der Waals surface area contributed by atoms with Crippen molar-refractivity contribution < 1.29 is 5.11 Å². The monoisotopic (exact) mass is 360 g/mol. The topological polar surface area (TPSA) is 80.1 Å². The molecule has 5 rings (SSSR count). The number of rotatable bonds is 2. The van der Waals surface area contributed by atoms with Crippen molar-refractivity contribution >= 4 is 22.7 Å². The van der Waals surface area contributed by atoms with Gasteiger partial charge in [-0.15, -0.1) is 5.10 Å². The van der Waals surface area contributed by atoms with Gasteiger partial charge in [0.05, 0.1) is 22.8 Å². The molecule has 0 atom stereocenters. The average Bonchev–Trinajstić information content (AvgIpc) is 3.29. The molecule has 7 nitrogen and oxygen atoms in total. The number of nitrogens with zero attached hydrogens (tertiary/aromatic N) is 6. The lowest BCUT2D eigenvalue weighted by molar-refractivity contribution is 0.0399. The van der Waals surface area contributed by atoms with Gasteiger partial charge in [-0.25, -0.2) is 19.0 Å². The Morgan fingerprint density at radius 2 is 1.93 bits per heavy atom. The van der Waals surface area contributed by atoms with Gasteiger partial charge in [0, 0.05) is 29.9 Å². The lowest BCUT2D eigenvalue weighted by atomic mass is 9.85. The van der Waals surface area contributed by atoms with Crippen molar-refractivity contribution in [2.45, 2.75) is 38.2 Å². The minimum atomic E-state index is -0.574. The van der Waals surface area contributed by atoms with E-state index >= 15 is 0 Å². The van der Waals surface area contributed by atoms with Crippen molar-refractivity contribution in [3.63, 3.8) is 0 Å². The van der Waals surface area contributed by atoms with Gasteiger partial charge >= 0.3 is 0 Å². The molecule has 1 fully saturated rings. The number of hydrogen-bond donors (Lipinski definition) is 1. The average molecular weight is 360 g/mol. The fourth-order valence-corrected chi connectivity index (χ4v) is 3.61. The van der Waals surface area contributed by atoms with Crippen LogP contribution < -0.4 is 0 Å². The van der Waals surface area contributed by atoms with E-state index in [4.69, 9.17) is 0 Å². The summed E-state index contributed by atoms with van der Waals surface area (Å²) >= 11 is 0. The molecule has 1 saturated carbocycles. The summed E-state index contributed by atoms with van der Waals surface area (Å²) < 4.78 is 3.66. The standard InChI is InChI=1S/C20H20N6O/c1-20(27)7-2-15(3-8-20)23-19-21-13-18-17(6-11-26(18)24-19)14-5-10-25-16(12-14)4-9-22-25/h4-6,9-13,27H,2-3,7-8H2,1H3. The molecule has 4 heterocycles. The molecule has 4 aromatic heterocycles. The summed E-state index contributed by atoms with van der Waals surface area (Å²) in [7, 11) is 0. The van der Waals surface area contributed by atoms with Crippen LogP contribution in [0.25, 0.3) is 22.2 Å². The third-order valence-electron chi connectivity index (χ3n) is 5.28. The maximum Gasteiger partial charge on any atom is 0.267 e. The largest absolute Gasteiger partial charge is 0.390 e. The Labute approximate surface area is 156 Å². The molecule has 1 N–H and O–H groups in total. The zero-order valence-corrected chi connectivity index (χ0v) is 15.1. The van der Waals surface area contributed by atoms with Crippen LogP contribution in [0.2, 0.25) is 0 Å². The summed E-state index contributed by atoms with van der Waals surface area (Å²) in [5.41, 5.74) is 4.64. The van der Waals surface area contributed by atoms with Crippen molar-refractivity contribution in [2.24, 2.45) is 4.99 Å². The van der Waals surface area contributed by atoms with Crippen molar-refractivity contribution in [1.29, 1.82) is 0 Å². The molecule has 0 aliphatic heterocycles. The summed E-state index contributed by atoms with van der Waals surface area (Å²) in [5.74, 6) is 0.465. The Morgan fingerprint density at radius 1 is 1.11 bits per heavy atom. The van der Waals surface area contributed by atoms with Gasteiger partial charge in [0.1, 0.15) is 0 Å². The van der Waals surface area contributed by atoms with Gasteiger partial charge in [-0.3, -0.25) is 0 Å². The lowest BCUT2D eigenvalue weighted by Gasteiger charge is -2.28. The molecule has 0 bridgehead atoms. The molecule has 0 spiro atoms. The van der Waals surface area contributed by atoms with Gasteiger partial charge in [-0.05, 0) is 62.4 Å². The summed E-state index contributed by atoms with van der Waals surface area (Å²) in [6.07, 6.45) is 10.5. The SMILES string of the molecule is CC1(O)CCC(=Nc2ncc3c(-c4ccn5nccc5c4)ccn3n2)CC1. The number of aliphatic hydroxyl groups is 1. The van der Waals surface area contributed by atoms with Crippen molar-refractivity contribution in [1.82, 2.24) is 24.2 Å². The first-order chi connectivity index (χ1) is 13.1. The van der Waals surface area contributed by atoms with E-state index in [9.17, 15) is 5.11 Å². The maximum atomic E-state index is 10.1. The van der Waals surface area contributed by atoms with Crippen LogP contribution >= 0.6 is 0 Å².